The predicted octanol–water partition coefficient (Wildman–Crippen LogP) is 3.93. The van der Waals surface area contributed by atoms with Crippen LogP contribution >= 0.6 is 0 Å². The summed E-state index contributed by atoms with van der Waals surface area (Å²) in [4.78, 5) is 37.2. The summed E-state index contributed by atoms with van der Waals surface area (Å²) in [5.74, 6) is -2.82. The highest BCUT2D eigenvalue weighted by Crippen LogP contribution is 2.28. The number of nitrogens with one attached hydrogen (secondary N) is 2. The summed E-state index contributed by atoms with van der Waals surface area (Å²) in [7, 11) is 1.29. The third-order valence-corrected chi connectivity index (χ3v) is 5.01. The lowest BCUT2D eigenvalue weighted by molar-refractivity contribution is -0.112. The van der Waals surface area contributed by atoms with Crippen molar-refractivity contribution in [3.63, 3.8) is 0 Å². The molecular weight excluding hydrogens is 469 g/mol. The molecule has 0 saturated heterocycles. The molecule has 186 valence electrons. The van der Waals surface area contributed by atoms with Gasteiger partial charge in [0.2, 0.25) is 5.91 Å². The molecule has 9 nitrogen and oxygen atoms in total. The monoisotopic (exact) mass is 493 g/mol. The van der Waals surface area contributed by atoms with Crippen molar-refractivity contribution in [2.45, 2.75) is 12.2 Å². The van der Waals surface area contributed by atoms with Gasteiger partial charge in [0, 0.05) is 18.7 Å². The lowest BCUT2D eigenvalue weighted by Gasteiger charge is -2.24. The number of nitrogen functional groups attached to an aromatic ring is 1. The van der Waals surface area contributed by atoms with Gasteiger partial charge in [-0.3, -0.25) is 14.9 Å². The van der Waals surface area contributed by atoms with E-state index in [1.54, 1.807) is 42.5 Å². The second-order valence-corrected chi connectivity index (χ2v) is 7.49. The Labute approximate surface area is 206 Å². The van der Waals surface area contributed by atoms with Crippen LogP contribution in [0.25, 0.3) is 0 Å². The van der Waals surface area contributed by atoms with Crippen LogP contribution in [0.3, 0.4) is 0 Å². The molecule has 3 aromatic rings. The summed E-state index contributed by atoms with van der Waals surface area (Å²) in [6.45, 7) is 0. The quantitative estimate of drug-likeness (QED) is 0.275. The Morgan fingerprint density at radius 2 is 1.72 bits per heavy atom. The van der Waals surface area contributed by atoms with Crippen LogP contribution in [0.2, 0.25) is 0 Å². The maximum atomic E-state index is 14.1. The Hall–Kier alpha value is -4.70. The smallest absolute Gasteiger partial charge is 0.414 e. The zero-order valence-corrected chi connectivity index (χ0v) is 19.2. The second kappa shape index (κ2) is 12.1. The number of hydrogen-bond donors (Lipinski definition) is 4. The molecule has 3 aromatic carbocycles. The number of rotatable bonds is 8. The molecular formula is C26H24FN3O6. The van der Waals surface area contributed by atoms with Crippen LogP contribution < -0.4 is 16.4 Å². The molecule has 0 unspecified atom stereocenters. The number of hydrogen-bond acceptors (Lipinski definition) is 7. The van der Waals surface area contributed by atoms with E-state index in [1.165, 1.54) is 31.4 Å². The number of benzene rings is 3. The Kier molecular flexibility index (Phi) is 8.73. The van der Waals surface area contributed by atoms with Crippen molar-refractivity contribution in [2.75, 3.05) is 18.2 Å². The van der Waals surface area contributed by atoms with Crippen molar-refractivity contribution in [1.29, 1.82) is 0 Å². The largest absolute Gasteiger partial charge is 0.505 e. The van der Waals surface area contributed by atoms with E-state index in [4.69, 9.17) is 15.2 Å². The lowest BCUT2D eigenvalue weighted by Crippen LogP contribution is -2.34. The molecule has 3 rings (SSSR count). The number of ether oxygens (including phenoxy) is 2. The standard InChI is InChI=1S/C26H24FN3O6/c1-35-22(13-14-23(32)29-20-10-6-5-9-19(20)28)24(17-11-12-21(31)18(27)15-17)36-26(34)30-25(33)16-7-3-2-4-8-16/h2-15,22,24,31H,28H2,1H3,(H,29,32)(H,30,33,34)/b14-13+/t22-,24-/m0/s1. The van der Waals surface area contributed by atoms with E-state index in [0.29, 0.717) is 11.4 Å². The van der Waals surface area contributed by atoms with Crippen LogP contribution in [0.4, 0.5) is 20.6 Å². The Morgan fingerprint density at radius 3 is 2.39 bits per heavy atom. The molecule has 0 saturated carbocycles. The van der Waals surface area contributed by atoms with Gasteiger partial charge in [-0.05, 0) is 48.0 Å². The number of anilines is 2. The van der Waals surface area contributed by atoms with Crippen molar-refractivity contribution in [2.24, 2.45) is 0 Å². The van der Waals surface area contributed by atoms with Gasteiger partial charge in [0.1, 0.15) is 6.10 Å². The number of carbonyl (C=O) groups excluding carboxylic acids is 3. The number of para-hydroxylation sites is 2. The van der Waals surface area contributed by atoms with Gasteiger partial charge in [-0.1, -0.05) is 36.4 Å². The molecule has 0 aliphatic heterocycles. The van der Waals surface area contributed by atoms with Crippen molar-refractivity contribution in [3.05, 3.63) is 102 Å². The molecule has 0 bridgehead atoms. The first kappa shape index (κ1) is 25.9. The van der Waals surface area contributed by atoms with Crippen LogP contribution in [0.15, 0.2) is 84.9 Å². The number of nitrogens with two attached hydrogens (primary N) is 1. The summed E-state index contributed by atoms with van der Waals surface area (Å²) in [6.07, 6.45) is -1.05. The van der Waals surface area contributed by atoms with Crippen LogP contribution in [0, 0.1) is 5.82 Å². The minimum absolute atomic E-state index is 0.108. The zero-order chi connectivity index (χ0) is 26.1. The first-order chi connectivity index (χ1) is 17.3. The third-order valence-electron chi connectivity index (χ3n) is 5.01. The van der Waals surface area contributed by atoms with Crippen LogP contribution in [-0.2, 0) is 14.3 Å². The molecule has 0 spiro atoms. The van der Waals surface area contributed by atoms with Gasteiger partial charge in [-0.2, -0.15) is 0 Å². The number of phenolic OH excluding ortho intramolecular Hbond substituents is 1. The van der Waals surface area contributed by atoms with Gasteiger partial charge in [-0.15, -0.1) is 0 Å². The van der Waals surface area contributed by atoms with Gasteiger partial charge < -0.3 is 25.6 Å². The van der Waals surface area contributed by atoms with Gasteiger partial charge in [0.15, 0.2) is 17.7 Å². The summed E-state index contributed by atoms with van der Waals surface area (Å²) in [5, 5.41) is 14.2. The van der Waals surface area contributed by atoms with Crippen molar-refractivity contribution >= 4 is 29.3 Å². The lowest BCUT2D eigenvalue weighted by atomic mass is 10.0. The summed E-state index contributed by atoms with van der Waals surface area (Å²) in [5.41, 5.74) is 6.92. The molecule has 3 amide bonds. The highest BCUT2D eigenvalue weighted by atomic mass is 19.1. The van der Waals surface area contributed by atoms with E-state index in [-0.39, 0.29) is 11.1 Å². The van der Waals surface area contributed by atoms with Gasteiger partial charge >= 0.3 is 6.09 Å². The fourth-order valence-electron chi connectivity index (χ4n) is 3.19. The third kappa shape index (κ3) is 6.90. The van der Waals surface area contributed by atoms with E-state index >= 15 is 0 Å². The van der Waals surface area contributed by atoms with E-state index < -0.39 is 41.7 Å². The SMILES string of the molecule is CO[C@@H](/C=C/C(=O)Nc1ccccc1N)[C@@H](OC(=O)NC(=O)c1ccccc1)c1ccc(O)c(F)c1. The van der Waals surface area contributed by atoms with Crippen molar-refractivity contribution in [1.82, 2.24) is 5.32 Å². The highest BCUT2D eigenvalue weighted by molar-refractivity contribution is 6.03. The molecule has 0 radical (unpaired) electrons. The molecule has 0 fully saturated rings. The molecule has 0 aromatic heterocycles. The van der Waals surface area contributed by atoms with Gasteiger partial charge in [-0.25, -0.2) is 9.18 Å². The first-order valence-electron chi connectivity index (χ1n) is 10.7. The summed E-state index contributed by atoms with van der Waals surface area (Å²) >= 11 is 0. The molecule has 5 N–H and O–H groups in total. The van der Waals surface area contributed by atoms with Crippen LogP contribution in [0.1, 0.15) is 22.0 Å². The van der Waals surface area contributed by atoms with E-state index in [2.05, 4.69) is 10.6 Å². The maximum Gasteiger partial charge on any atom is 0.414 e. The predicted molar refractivity (Wildman–Crippen MR) is 131 cm³/mol. The minimum Gasteiger partial charge on any atom is -0.505 e. The number of amides is 3. The average molecular weight is 493 g/mol. The number of imide groups is 1. The highest BCUT2D eigenvalue weighted by Gasteiger charge is 2.27. The van der Waals surface area contributed by atoms with Crippen LogP contribution in [-0.4, -0.2) is 36.2 Å². The fourth-order valence-corrected chi connectivity index (χ4v) is 3.19. The number of aromatic hydroxyl groups is 1. The number of methoxy groups -OCH3 is 1. The van der Waals surface area contributed by atoms with Gasteiger partial charge in [0.25, 0.3) is 5.91 Å². The Morgan fingerprint density at radius 1 is 1.03 bits per heavy atom. The molecule has 2 atom stereocenters. The Bertz CT molecular complexity index is 1270. The number of alkyl carbamates (subject to hydrolysis) is 1. The first-order valence-corrected chi connectivity index (χ1v) is 10.7. The molecule has 10 heteroatoms. The maximum absolute atomic E-state index is 14.1. The Balaban J connectivity index is 1.80. The van der Waals surface area contributed by atoms with E-state index in [1.807, 2.05) is 0 Å². The topological polar surface area (TPSA) is 140 Å². The zero-order valence-electron chi connectivity index (χ0n) is 19.2. The normalized spacial score (nSPS) is 12.5. The number of phenols is 1. The molecule has 0 aliphatic carbocycles. The fraction of sp³-hybridized carbons (Fsp3) is 0.115. The van der Waals surface area contributed by atoms with Gasteiger partial charge in [0.05, 0.1) is 11.4 Å². The van der Waals surface area contributed by atoms with E-state index in [0.717, 1.165) is 18.2 Å². The molecule has 36 heavy (non-hydrogen) atoms. The second-order valence-electron chi connectivity index (χ2n) is 7.49. The number of carbonyl (C=O) groups is 3. The van der Waals surface area contributed by atoms with Crippen LogP contribution in [0.5, 0.6) is 5.75 Å². The average Bonchev–Trinajstić information content (AvgIpc) is 2.87. The van der Waals surface area contributed by atoms with E-state index in [9.17, 15) is 23.9 Å². The summed E-state index contributed by atoms with van der Waals surface area (Å²) < 4.78 is 24.9. The number of halogens is 1. The molecule has 0 heterocycles. The molecule has 0 aliphatic rings. The van der Waals surface area contributed by atoms with Crippen molar-refractivity contribution < 1.29 is 33.4 Å². The summed E-state index contributed by atoms with van der Waals surface area (Å²) in [6, 6.07) is 18.0. The minimum atomic E-state index is -1.29. The van der Waals surface area contributed by atoms with Crippen molar-refractivity contribution in [3.8, 4) is 5.75 Å².